The molecular weight excluding hydrogens is 275 g/mol. The molecule has 0 spiro atoms. The Morgan fingerprint density at radius 2 is 1.84 bits per heavy atom. The largest absolute Gasteiger partial charge is 0.389 e. The molecule has 0 bridgehead atoms. The summed E-state index contributed by atoms with van der Waals surface area (Å²) in [4.78, 5) is 3.98. The number of pyridine rings is 1. The van der Waals surface area contributed by atoms with E-state index in [1.54, 1.807) is 12.1 Å². The number of aromatic nitrogens is 1. The van der Waals surface area contributed by atoms with Gasteiger partial charge in [0.1, 0.15) is 16.6 Å². The molecule has 2 rings (SSSR count). The maximum atomic E-state index is 13.5. The molecule has 1 aromatic carbocycles. The van der Waals surface area contributed by atoms with Crippen LogP contribution in [-0.2, 0) is 0 Å². The van der Waals surface area contributed by atoms with Gasteiger partial charge >= 0.3 is 0 Å². The van der Waals surface area contributed by atoms with E-state index >= 15 is 0 Å². The minimum Gasteiger partial charge on any atom is -0.389 e. The molecule has 3 nitrogen and oxygen atoms in total. The van der Waals surface area contributed by atoms with Crippen LogP contribution in [0.5, 0.6) is 0 Å². The Morgan fingerprint density at radius 3 is 2.53 bits per heavy atom. The van der Waals surface area contributed by atoms with Crippen LogP contribution in [0.25, 0.3) is 0 Å². The van der Waals surface area contributed by atoms with Crippen molar-refractivity contribution in [1.29, 1.82) is 0 Å². The average Bonchev–Trinajstić information content (AvgIpc) is 2.36. The van der Waals surface area contributed by atoms with Crippen LogP contribution in [0.15, 0.2) is 30.5 Å². The van der Waals surface area contributed by atoms with Crippen molar-refractivity contribution < 1.29 is 13.2 Å². The van der Waals surface area contributed by atoms with Gasteiger partial charge in [0.15, 0.2) is 11.6 Å². The second-order valence-corrected chi connectivity index (χ2v) is 4.07. The molecule has 0 fully saturated rings. The smallest absolute Gasteiger partial charge is 0.161 e. The van der Waals surface area contributed by atoms with Gasteiger partial charge in [-0.05, 0) is 12.1 Å². The fraction of sp³-hybridized carbons (Fsp3) is 0. The maximum Gasteiger partial charge on any atom is 0.161 e. The molecule has 0 radical (unpaired) electrons. The molecule has 19 heavy (non-hydrogen) atoms. The number of nitrogens with two attached hydrogens (primary N) is 1. The molecule has 1 aromatic heterocycles. The third kappa shape index (κ3) is 2.82. The van der Waals surface area contributed by atoms with Crippen LogP contribution in [0.1, 0.15) is 5.56 Å². The Labute approximate surface area is 112 Å². The van der Waals surface area contributed by atoms with Gasteiger partial charge in [-0.1, -0.05) is 12.2 Å². The van der Waals surface area contributed by atoms with Crippen LogP contribution < -0.4 is 11.1 Å². The van der Waals surface area contributed by atoms with E-state index in [0.717, 1.165) is 0 Å². The van der Waals surface area contributed by atoms with E-state index in [-0.39, 0.29) is 16.5 Å². The number of rotatable bonds is 3. The molecule has 0 amide bonds. The number of halogens is 3. The number of nitrogens with zero attached hydrogens (tertiary/aromatic N) is 1. The van der Waals surface area contributed by atoms with Crippen LogP contribution in [0.3, 0.4) is 0 Å². The van der Waals surface area contributed by atoms with Crippen LogP contribution in [0, 0.1) is 17.5 Å². The normalized spacial score (nSPS) is 10.3. The summed E-state index contributed by atoms with van der Waals surface area (Å²) >= 11 is 4.82. The van der Waals surface area contributed by atoms with Crippen molar-refractivity contribution in [2.75, 3.05) is 5.32 Å². The number of hydrogen-bond donors (Lipinski definition) is 2. The first kappa shape index (κ1) is 13.3. The van der Waals surface area contributed by atoms with Crippen molar-refractivity contribution in [1.82, 2.24) is 4.98 Å². The Balaban J connectivity index is 2.42. The summed E-state index contributed by atoms with van der Waals surface area (Å²) in [6.45, 7) is 0. The van der Waals surface area contributed by atoms with Crippen LogP contribution in [0.4, 0.5) is 24.7 Å². The summed E-state index contributed by atoms with van der Waals surface area (Å²) in [5.41, 5.74) is 5.61. The monoisotopic (exact) mass is 283 g/mol. The van der Waals surface area contributed by atoms with Crippen LogP contribution in [0.2, 0.25) is 0 Å². The molecule has 98 valence electrons. The molecule has 0 aliphatic carbocycles. The van der Waals surface area contributed by atoms with Crippen molar-refractivity contribution in [2.24, 2.45) is 5.73 Å². The number of anilines is 2. The SMILES string of the molecule is NC(=S)c1cccnc1Nc1cc(F)c(F)cc1F. The van der Waals surface area contributed by atoms with Gasteiger partial charge in [0.2, 0.25) is 0 Å². The summed E-state index contributed by atoms with van der Waals surface area (Å²) < 4.78 is 39.4. The van der Waals surface area contributed by atoms with Gasteiger partial charge in [0.25, 0.3) is 0 Å². The Morgan fingerprint density at radius 1 is 1.16 bits per heavy atom. The molecular formula is C12H8F3N3S. The van der Waals surface area contributed by atoms with E-state index in [9.17, 15) is 13.2 Å². The number of thiocarbonyl (C=S) groups is 1. The molecule has 3 N–H and O–H groups in total. The van der Waals surface area contributed by atoms with E-state index in [1.807, 2.05) is 0 Å². The Kier molecular flexibility index (Phi) is 3.66. The Hall–Kier alpha value is -2.15. The molecule has 0 saturated heterocycles. The zero-order valence-electron chi connectivity index (χ0n) is 9.45. The van der Waals surface area contributed by atoms with Gasteiger partial charge in [-0.2, -0.15) is 0 Å². The predicted octanol–water partition coefficient (Wildman–Crippen LogP) is 2.88. The van der Waals surface area contributed by atoms with Gasteiger partial charge in [-0.15, -0.1) is 0 Å². The summed E-state index contributed by atoms with van der Waals surface area (Å²) in [6.07, 6.45) is 1.43. The Bertz CT molecular complexity index is 646. The van der Waals surface area contributed by atoms with Crippen LogP contribution in [-0.4, -0.2) is 9.97 Å². The summed E-state index contributed by atoms with van der Waals surface area (Å²) in [7, 11) is 0. The highest BCUT2D eigenvalue weighted by atomic mass is 32.1. The predicted molar refractivity (Wildman–Crippen MR) is 69.7 cm³/mol. The first-order valence-electron chi connectivity index (χ1n) is 5.15. The first-order valence-corrected chi connectivity index (χ1v) is 5.56. The zero-order valence-corrected chi connectivity index (χ0v) is 10.3. The van der Waals surface area contributed by atoms with Crippen molar-refractivity contribution in [3.63, 3.8) is 0 Å². The summed E-state index contributed by atoms with van der Waals surface area (Å²) in [5.74, 6) is -3.21. The first-order chi connectivity index (χ1) is 8.99. The molecule has 0 saturated carbocycles. The third-order valence-corrected chi connectivity index (χ3v) is 2.56. The minimum absolute atomic E-state index is 0.0543. The molecule has 0 aliphatic heterocycles. The fourth-order valence-corrected chi connectivity index (χ4v) is 1.61. The standard InChI is InChI=1S/C12H8F3N3S/c13-7-4-9(15)10(5-8(7)14)18-12-6(11(16)19)2-1-3-17-12/h1-5H,(H2,16,19)(H,17,18). The molecule has 1 heterocycles. The molecule has 0 aliphatic rings. The average molecular weight is 283 g/mol. The highest BCUT2D eigenvalue weighted by Gasteiger charge is 2.12. The van der Waals surface area contributed by atoms with E-state index < -0.39 is 17.5 Å². The van der Waals surface area contributed by atoms with Crippen LogP contribution >= 0.6 is 12.2 Å². The third-order valence-electron chi connectivity index (χ3n) is 2.34. The van der Waals surface area contributed by atoms with Crippen molar-refractivity contribution in [3.05, 3.63) is 53.5 Å². The van der Waals surface area contributed by atoms with Gasteiger partial charge < -0.3 is 11.1 Å². The lowest BCUT2D eigenvalue weighted by Crippen LogP contribution is -2.13. The van der Waals surface area contributed by atoms with Crippen molar-refractivity contribution in [2.45, 2.75) is 0 Å². The second-order valence-electron chi connectivity index (χ2n) is 3.63. The van der Waals surface area contributed by atoms with E-state index in [0.29, 0.717) is 17.7 Å². The number of nitrogens with one attached hydrogen (secondary N) is 1. The van der Waals surface area contributed by atoms with Gasteiger partial charge in [0.05, 0.1) is 11.3 Å². The fourth-order valence-electron chi connectivity index (χ4n) is 1.45. The van der Waals surface area contributed by atoms with E-state index in [2.05, 4.69) is 10.3 Å². The maximum absolute atomic E-state index is 13.5. The van der Waals surface area contributed by atoms with Gasteiger partial charge in [0, 0.05) is 18.3 Å². The van der Waals surface area contributed by atoms with Crippen molar-refractivity contribution in [3.8, 4) is 0 Å². The molecule has 2 aromatic rings. The number of hydrogen-bond acceptors (Lipinski definition) is 3. The van der Waals surface area contributed by atoms with Gasteiger partial charge in [-0.25, -0.2) is 18.2 Å². The topological polar surface area (TPSA) is 50.9 Å². The van der Waals surface area contributed by atoms with E-state index in [1.165, 1.54) is 6.20 Å². The molecule has 7 heteroatoms. The zero-order chi connectivity index (χ0) is 14.0. The second kappa shape index (κ2) is 5.23. The van der Waals surface area contributed by atoms with E-state index in [4.69, 9.17) is 18.0 Å². The lowest BCUT2D eigenvalue weighted by atomic mass is 10.2. The highest BCUT2D eigenvalue weighted by molar-refractivity contribution is 7.80. The van der Waals surface area contributed by atoms with Gasteiger partial charge in [-0.3, -0.25) is 0 Å². The summed E-state index contributed by atoms with van der Waals surface area (Å²) in [6, 6.07) is 4.32. The minimum atomic E-state index is -1.27. The highest BCUT2D eigenvalue weighted by Crippen LogP contribution is 2.23. The molecule has 0 unspecified atom stereocenters. The molecule has 0 atom stereocenters. The summed E-state index contributed by atoms with van der Waals surface area (Å²) in [5, 5.41) is 2.53. The van der Waals surface area contributed by atoms with Crippen molar-refractivity contribution >= 4 is 28.7 Å². The lowest BCUT2D eigenvalue weighted by Gasteiger charge is -2.10. The quantitative estimate of drug-likeness (QED) is 0.672. The number of benzene rings is 1. The lowest BCUT2D eigenvalue weighted by molar-refractivity contribution is 0.496.